The number of benzene rings is 2. The Morgan fingerprint density at radius 3 is 2.84 bits per heavy atom. The fourth-order valence-electron chi connectivity index (χ4n) is 4.08. The van der Waals surface area contributed by atoms with Crippen LogP contribution in [0, 0.1) is 12.7 Å². The molecule has 2 aliphatic rings. The molecule has 0 amide bonds. The molecule has 0 radical (unpaired) electrons. The number of hydrogen-bond donors (Lipinski definition) is 2. The van der Waals surface area contributed by atoms with Crippen LogP contribution in [-0.4, -0.2) is 57.4 Å². The molecular formula is C22H27FN4O3S. The van der Waals surface area contributed by atoms with Crippen molar-refractivity contribution in [2.45, 2.75) is 30.3 Å². The van der Waals surface area contributed by atoms with Gasteiger partial charge in [-0.05, 0) is 48.7 Å². The fourth-order valence-corrected chi connectivity index (χ4v) is 5.66. The second-order valence-corrected chi connectivity index (χ2v) is 9.88. The SMILES string of the molecule is COCCN=C1Nc2ccccc2CNC12CCN(S(=O)(=O)c1ccc(F)c(C)c1)C2. The molecule has 1 spiro atoms. The molecule has 1 fully saturated rings. The minimum Gasteiger partial charge on any atom is -0.383 e. The zero-order valence-electron chi connectivity index (χ0n) is 17.7. The Balaban J connectivity index is 1.65. The molecule has 2 N–H and O–H groups in total. The third-order valence-electron chi connectivity index (χ3n) is 5.91. The van der Waals surface area contributed by atoms with Crippen molar-refractivity contribution in [2.24, 2.45) is 4.99 Å². The van der Waals surface area contributed by atoms with Crippen LogP contribution in [0.25, 0.3) is 0 Å². The first-order chi connectivity index (χ1) is 14.9. The Morgan fingerprint density at radius 1 is 1.26 bits per heavy atom. The third kappa shape index (κ3) is 4.23. The van der Waals surface area contributed by atoms with Gasteiger partial charge in [-0.1, -0.05) is 18.2 Å². The van der Waals surface area contributed by atoms with Gasteiger partial charge in [0, 0.05) is 32.4 Å². The second kappa shape index (κ2) is 8.66. The maximum absolute atomic E-state index is 13.7. The summed E-state index contributed by atoms with van der Waals surface area (Å²) < 4.78 is 46.9. The highest BCUT2D eigenvalue weighted by atomic mass is 32.2. The number of sulfonamides is 1. The van der Waals surface area contributed by atoms with Crippen LogP contribution in [0.5, 0.6) is 0 Å². The van der Waals surface area contributed by atoms with E-state index < -0.39 is 21.4 Å². The van der Waals surface area contributed by atoms with Gasteiger partial charge in [0.05, 0.1) is 23.6 Å². The number of fused-ring (bicyclic) bond motifs is 1. The number of hydrogen-bond acceptors (Lipinski definition) is 5. The number of aliphatic imine (C=N–C) groups is 1. The van der Waals surface area contributed by atoms with Crippen molar-refractivity contribution >= 4 is 21.5 Å². The second-order valence-electron chi connectivity index (χ2n) is 7.94. The molecule has 166 valence electrons. The van der Waals surface area contributed by atoms with Gasteiger partial charge in [-0.3, -0.25) is 10.3 Å². The predicted octanol–water partition coefficient (Wildman–Crippen LogP) is 2.53. The van der Waals surface area contributed by atoms with E-state index in [1.54, 1.807) is 14.0 Å². The first-order valence-corrected chi connectivity index (χ1v) is 11.7. The molecule has 7 nitrogen and oxygen atoms in total. The van der Waals surface area contributed by atoms with Gasteiger partial charge in [-0.15, -0.1) is 0 Å². The molecule has 4 rings (SSSR count). The van der Waals surface area contributed by atoms with Crippen molar-refractivity contribution in [3.8, 4) is 0 Å². The summed E-state index contributed by atoms with van der Waals surface area (Å²) in [4.78, 5) is 4.83. The first kappa shape index (κ1) is 21.9. The van der Waals surface area contributed by atoms with Gasteiger partial charge in [0.15, 0.2) is 0 Å². The van der Waals surface area contributed by atoms with Crippen LogP contribution >= 0.6 is 0 Å². The molecule has 2 heterocycles. The lowest BCUT2D eigenvalue weighted by molar-refractivity contribution is 0.207. The lowest BCUT2D eigenvalue weighted by atomic mass is 9.97. The van der Waals surface area contributed by atoms with Crippen molar-refractivity contribution in [3.05, 3.63) is 59.4 Å². The number of aryl methyl sites for hydroxylation is 1. The predicted molar refractivity (Wildman–Crippen MR) is 118 cm³/mol. The summed E-state index contributed by atoms with van der Waals surface area (Å²) in [5, 5.41) is 7.00. The van der Waals surface area contributed by atoms with E-state index in [-0.39, 0.29) is 11.4 Å². The molecule has 0 bridgehead atoms. The number of anilines is 1. The Bertz CT molecular complexity index is 1110. The molecule has 0 saturated carbocycles. The number of nitrogens with one attached hydrogen (secondary N) is 2. The number of methoxy groups -OCH3 is 1. The zero-order valence-corrected chi connectivity index (χ0v) is 18.5. The molecular weight excluding hydrogens is 419 g/mol. The maximum Gasteiger partial charge on any atom is 0.243 e. The summed E-state index contributed by atoms with van der Waals surface area (Å²) in [5.41, 5.74) is 1.71. The van der Waals surface area contributed by atoms with E-state index >= 15 is 0 Å². The average molecular weight is 447 g/mol. The molecule has 2 aromatic rings. The molecule has 2 aromatic carbocycles. The summed E-state index contributed by atoms with van der Waals surface area (Å²) in [5.74, 6) is 0.291. The van der Waals surface area contributed by atoms with Crippen LogP contribution in [0.1, 0.15) is 17.5 Å². The van der Waals surface area contributed by atoms with Crippen LogP contribution in [-0.2, 0) is 21.3 Å². The Hall–Kier alpha value is -2.33. The number of rotatable bonds is 5. The van der Waals surface area contributed by atoms with Crippen molar-refractivity contribution in [1.82, 2.24) is 9.62 Å². The van der Waals surface area contributed by atoms with Crippen molar-refractivity contribution < 1.29 is 17.5 Å². The summed E-state index contributed by atoms with van der Waals surface area (Å²) in [6.07, 6.45) is 0.569. The number of para-hydroxylation sites is 1. The van der Waals surface area contributed by atoms with Crippen molar-refractivity contribution in [1.29, 1.82) is 0 Å². The fraction of sp³-hybridized carbons (Fsp3) is 0.409. The maximum atomic E-state index is 13.7. The van der Waals surface area contributed by atoms with Gasteiger partial charge in [0.2, 0.25) is 10.0 Å². The van der Waals surface area contributed by atoms with E-state index in [0.29, 0.717) is 44.1 Å². The molecule has 0 aliphatic carbocycles. The quantitative estimate of drug-likeness (QED) is 0.690. The molecule has 1 atom stereocenters. The molecule has 1 saturated heterocycles. The number of nitrogens with zero attached hydrogens (tertiary/aromatic N) is 2. The van der Waals surface area contributed by atoms with Gasteiger partial charge in [-0.25, -0.2) is 12.8 Å². The van der Waals surface area contributed by atoms with Crippen molar-refractivity contribution in [3.63, 3.8) is 0 Å². The highest BCUT2D eigenvalue weighted by Gasteiger charge is 2.47. The van der Waals surface area contributed by atoms with E-state index in [1.165, 1.54) is 22.5 Å². The highest BCUT2D eigenvalue weighted by Crippen LogP contribution is 2.32. The summed E-state index contributed by atoms with van der Waals surface area (Å²) in [6, 6.07) is 11.9. The van der Waals surface area contributed by atoms with E-state index in [4.69, 9.17) is 9.73 Å². The molecule has 31 heavy (non-hydrogen) atoms. The van der Waals surface area contributed by atoms with E-state index in [0.717, 1.165) is 11.3 Å². The standard InChI is InChI=1S/C22H27FN4O3S/c1-16-13-18(7-8-19(16)23)31(28,29)27-11-9-22(15-27)21(24-10-12-30-2)26-20-6-4-3-5-17(20)14-25-22/h3-8,13,25H,9-12,14-15H2,1-2H3,(H,24,26). The Morgan fingerprint density at radius 2 is 2.06 bits per heavy atom. The molecule has 9 heteroatoms. The minimum atomic E-state index is -3.76. The van der Waals surface area contributed by atoms with E-state index in [9.17, 15) is 12.8 Å². The normalized spacial score (nSPS) is 23.0. The first-order valence-electron chi connectivity index (χ1n) is 10.3. The Kier molecular flexibility index (Phi) is 6.11. The number of ether oxygens (including phenoxy) is 1. The third-order valence-corrected chi connectivity index (χ3v) is 7.75. The van der Waals surface area contributed by atoms with Crippen LogP contribution in [0.2, 0.25) is 0 Å². The summed E-state index contributed by atoms with van der Waals surface area (Å²) >= 11 is 0. The zero-order chi connectivity index (χ0) is 22.1. The average Bonchev–Trinajstić information content (AvgIpc) is 3.14. The monoisotopic (exact) mass is 446 g/mol. The van der Waals surface area contributed by atoms with Gasteiger partial charge in [0.25, 0.3) is 0 Å². The minimum absolute atomic E-state index is 0.103. The molecule has 2 aliphatic heterocycles. The van der Waals surface area contributed by atoms with Gasteiger partial charge in [0.1, 0.15) is 11.7 Å². The molecule has 1 unspecified atom stereocenters. The topological polar surface area (TPSA) is 83.0 Å². The number of halogens is 1. The van der Waals surface area contributed by atoms with Crippen LogP contribution in [0.15, 0.2) is 52.4 Å². The van der Waals surface area contributed by atoms with Crippen LogP contribution in [0.3, 0.4) is 0 Å². The van der Waals surface area contributed by atoms with Crippen LogP contribution < -0.4 is 10.6 Å². The molecule has 0 aromatic heterocycles. The van der Waals surface area contributed by atoms with E-state index in [1.807, 2.05) is 24.3 Å². The Labute approximate surface area is 182 Å². The lowest BCUT2D eigenvalue weighted by Gasteiger charge is -2.30. The highest BCUT2D eigenvalue weighted by molar-refractivity contribution is 7.89. The van der Waals surface area contributed by atoms with Gasteiger partial charge >= 0.3 is 0 Å². The summed E-state index contributed by atoms with van der Waals surface area (Å²) in [7, 11) is -2.14. The van der Waals surface area contributed by atoms with Gasteiger partial charge in [-0.2, -0.15) is 4.31 Å². The largest absolute Gasteiger partial charge is 0.383 e. The lowest BCUT2D eigenvalue weighted by Crippen LogP contribution is -2.55. The van der Waals surface area contributed by atoms with E-state index in [2.05, 4.69) is 10.6 Å². The number of amidine groups is 1. The summed E-state index contributed by atoms with van der Waals surface area (Å²) in [6.45, 7) is 3.67. The smallest absolute Gasteiger partial charge is 0.243 e. The van der Waals surface area contributed by atoms with Gasteiger partial charge < -0.3 is 10.1 Å². The van der Waals surface area contributed by atoms with Crippen molar-refractivity contribution in [2.75, 3.05) is 38.7 Å². The van der Waals surface area contributed by atoms with Crippen LogP contribution in [0.4, 0.5) is 10.1 Å².